The molecule has 1 aliphatic heterocycles. The monoisotopic (exact) mass is 207 g/mol. The number of allylic oxidation sites excluding steroid dienone is 1. The fourth-order valence-corrected chi connectivity index (χ4v) is 1.77. The van der Waals surface area contributed by atoms with Gasteiger partial charge in [0.05, 0.1) is 24.5 Å². The van der Waals surface area contributed by atoms with E-state index in [1.54, 1.807) is 6.08 Å². The summed E-state index contributed by atoms with van der Waals surface area (Å²) in [5, 5.41) is 0. The van der Waals surface area contributed by atoms with Crippen LogP contribution in [0, 0.1) is 0 Å². The Kier molecular flexibility index (Phi) is 2.55. The predicted molar refractivity (Wildman–Crippen MR) is 56.5 cm³/mol. The summed E-state index contributed by atoms with van der Waals surface area (Å²) in [7, 11) is 0. The molecular formula is C10H13N3O2. The Labute approximate surface area is 87.0 Å². The molecule has 5 heteroatoms. The molecule has 0 spiro atoms. The van der Waals surface area contributed by atoms with E-state index in [0.29, 0.717) is 18.8 Å². The smallest absolute Gasteiger partial charge is 0.258 e. The third-order valence-corrected chi connectivity index (χ3v) is 2.47. The molecule has 0 amide bonds. The molecule has 2 rings (SSSR count). The van der Waals surface area contributed by atoms with Crippen LogP contribution >= 0.6 is 0 Å². The van der Waals surface area contributed by atoms with Gasteiger partial charge in [-0.15, -0.1) is 6.58 Å². The van der Waals surface area contributed by atoms with Crippen molar-refractivity contribution in [2.45, 2.75) is 18.9 Å². The van der Waals surface area contributed by atoms with Gasteiger partial charge in [-0.05, 0) is 6.42 Å². The first-order valence-corrected chi connectivity index (χ1v) is 4.79. The zero-order valence-electron chi connectivity index (χ0n) is 8.32. The van der Waals surface area contributed by atoms with Crippen molar-refractivity contribution in [3.8, 4) is 0 Å². The number of nitrogens with two attached hydrogens (primary N) is 1. The van der Waals surface area contributed by atoms with Crippen molar-refractivity contribution in [3.63, 3.8) is 0 Å². The summed E-state index contributed by atoms with van der Waals surface area (Å²) in [6, 6.07) is 0. The number of anilines is 1. The van der Waals surface area contributed by atoms with Crippen LogP contribution in [0.5, 0.6) is 0 Å². The topological polar surface area (TPSA) is 81.0 Å². The Morgan fingerprint density at radius 1 is 1.73 bits per heavy atom. The van der Waals surface area contributed by atoms with E-state index in [2.05, 4.69) is 16.5 Å². The number of nitrogen functional groups attached to an aromatic ring is 1. The number of fused-ring (bicyclic) bond motifs is 1. The standard InChI is InChI=1S/C10H13N3O2/c1-2-3-6-4-15-5-7-8(6)12-10(11)13-9(7)14/h2,6H,1,3-5H2,(H3,11,12,13,14). The van der Waals surface area contributed by atoms with Gasteiger partial charge in [0, 0.05) is 5.92 Å². The molecule has 15 heavy (non-hydrogen) atoms. The van der Waals surface area contributed by atoms with Crippen LogP contribution in [-0.2, 0) is 11.3 Å². The number of nitrogens with one attached hydrogen (secondary N) is 1. The second kappa shape index (κ2) is 3.86. The average Bonchev–Trinajstić information content (AvgIpc) is 2.19. The second-order valence-electron chi connectivity index (χ2n) is 3.55. The predicted octanol–water partition coefficient (Wildman–Crippen LogP) is 0.542. The van der Waals surface area contributed by atoms with Crippen molar-refractivity contribution < 1.29 is 4.74 Å². The molecule has 1 unspecified atom stereocenters. The highest BCUT2D eigenvalue weighted by molar-refractivity contribution is 5.29. The van der Waals surface area contributed by atoms with Gasteiger partial charge >= 0.3 is 0 Å². The zero-order chi connectivity index (χ0) is 10.8. The van der Waals surface area contributed by atoms with Gasteiger partial charge in [-0.1, -0.05) is 6.08 Å². The summed E-state index contributed by atoms with van der Waals surface area (Å²) in [4.78, 5) is 18.2. The molecule has 0 aromatic carbocycles. The molecule has 0 fully saturated rings. The summed E-state index contributed by atoms with van der Waals surface area (Å²) in [6.07, 6.45) is 2.53. The molecule has 3 N–H and O–H groups in total. The van der Waals surface area contributed by atoms with Crippen LogP contribution in [0.25, 0.3) is 0 Å². The van der Waals surface area contributed by atoms with Gasteiger partial charge in [-0.2, -0.15) is 0 Å². The molecule has 1 aromatic heterocycles. The molecule has 80 valence electrons. The fourth-order valence-electron chi connectivity index (χ4n) is 1.77. The first-order valence-electron chi connectivity index (χ1n) is 4.79. The molecule has 0 saturated carbocycles. The van der Waals surface area contributed by atoms with E-state index in [1.807, 2.05) is 0 Å². The highest BCUT2D eigenvalue weighted by atomic mass is 16.5. The van der Waals surface area contributed by atoms with Crippen LogP contribution in [0.4, 0.5) is 5.95 Å². The minimum atomic E-state index is -0.203. The highest BCUT2D eigenvalue weighted by Crippen LogP contribution is 2.25. The molecule has 2 heterocycles. The van der Waals surface area contributed by atoms with Crippen LogP contribution in [0.3, 0.4) is 0 Å². The first kappa shape index (κ1) is 9.92. The number of hydrogen-bond acceptors (Lipinski definition) is 4. The van der Waals surface area contributed by atoms with Crippen molar-refractivity contribution in [1.29, 1.82) is 0 Å². The Hall–Kier alpha value is -1.62. The number of aromatic amines is 1. The summed E-state index contributed by atoms with van der Waals surface area (Å²) in [6.45, 7) is 4.55. The Balaban J connectivity index is 2.50. The lowest BCUT2D eigenvalue weighted by Crippen LogP contribution is -2.27. The van der Waals surface area contributed by atoms with E-state index >= 15 is 0 Å². The highest BCUT2D eigenvalue weighted by Gasteiger charge is 2.24. The van der Waals surface area contributed by atoms with Crippen LogP contribution in [0.15, 0.2) is 17.4 Å². The molecule has 0 bridgehead atoms. The Morgan fingerprint density at radius 2 is 2.53 bits per heavy atom. The number of aromatic nitrogens is 2. The van der Waals surface area contributed by atoms with E-state index in [1.165, 1.54) is 0 Å². The van der Waals surface area contributed by atoms with Gasteiger partial charge in [0.2, 0.25) is 5.95 Å². The summed E-state index contributed by atoms with van der Waals surface area (Å²) < 4.78 is 5.33. The van der Waals surface area contributed by atoms with Crippen LogP contribution in [0.1, 0.15) is 23.6 Å². The third kappa shape index (κ3) is 1.78. The van der Waals surface area contributed by atoms with Crippen molar-refractivity contribution >= 4 is 5.95 Å². The van der Waals surface area contributed by atoms with Crippen LogP contribution in [0.2, 0.25) is 0 Å². The molecule has 1 aromatic rings. The molecule has 1 aliphatic rings. The van der Waals surface area contributed by atoms with Crippen LogP contribution < -0.4 is 11.3 Å². The van der Waals surface area contributed by atoms with Gasteiger partial charge in [-0.3, -0.25) is 9.78 Å². The van der Waals surface area contributed by atoms with E-state index in [0.717, 1.165) is 12.1 Å². The van der Waals surface area contributed by atoms with Crippen molar-refractivity contribution in [3.05, 3.63) is 34.3 Å². The lowest BCUT2D eigenvalue weighted by molar-refractivity contribution is 0.0885. The van der Waals surface area contributed by atoms with E-state index in [9.17, 15) is 4.79 Å². The number of ether oxygens (including phenoxy) is 1. The summed E-state index contributed by atoms with van der Waals surface area (Å²) in [5.41, 5.74) is 6.64. The van der Waals surface area contributed by atoms with Gasteiger partial charge < -0.3 is 10.5 Å². The Bertz CT molecular complexity index is 439. The molecular weight excluding hydrogens is 194 g/mol. The van der Waals surface area contributed by atoms with Crippen LogP contribution in [-0.4, -0.2) is 16.6 Å². The van der Waals surface area contributed by atoms with Crippen molar-refractivity contribution in [2.24, 2.45) is 0 Å². The first-order chi connectivity index (χ1) is 7.22. The number of H-pyrrole nitrogens is 1. The molecule has 5 nitrogen and oxygen atoms in total. The number of hydrogen-bond donors (Lipinski definition) is 2. The van der Waals surface area contributed by atoms with Gasteiger partial charge in [0.15, 0.2) is 0 Å². The largest absolute Gasteiger partial charge is 0.376 e. The van der Waals surface area contributed by atoms with Gasteiger partial charge in [-0.25, -0.2) is 4.98 Å². The summed E-state index contributed by atoms with van der Waals surface area (Å²) >= 11 is 0. The van der Waals surface area contributed by atoms with Gasteiger partial charge in [0.25, 0.3) is 5.56 Å². The number of rotatable bonds is 2. The molecule has 1 atom stereocenters. The SMILES string of the molecule is C=CCC1COCc2c1nc(N)[nH]c2=O. The molecule has 0 aliphatic carbocycles. The van der Waals surface area contributed by atoms with E-state index in [-0.39, 0.29) is 17.4 Å². The third-order valence-electron chi connectivity index (χ3n) is 2.47. The summed E-state index contributed by atoms with van der Waals surface area (Å²) in [5.74, 6) is 0.255. The maximum Gasteiger partial charge on any atom is 0.258 e. The normalized spacial score (nSPS) is 19.6. The lowest BCUT2D eigenvalue weighted by atomic mass is 9.96. The van der Waals surface area contributed by atoms with E-state index < -0.39 is 0 Å². The fraction of sp³-hybridized carbons (Fsp3) is 0.400. The quantitative estimate of drug-likeness (QED) is 0.693. The van der Waals surface area contributed by atoms with Crippen molar-refractivity contribution in [2.75, 3.05) is 12.3 Å². The maximum atomic E-state index is 11.6. The Morgan fingerprint density at radius 3 is 3.27 bits per heavy atom. The zero-order valence-corrected chi connectivity index (χ0v) is 8.32. The number of nitrogens with zero attached hydrogens (tertiary/aromatic N) is 1. The second-order valence-corrected chi connectivity index (χ2v) is 3.55. The maximum absolute atomic E-state index is 11.6. The van der Waals surface area contributed by atoms with Crippen molar-refractivity contribution in [1.82, 2.24) is 9.97 Å². The lowest BCUT2D eigenvalue weighted by Gasteiger charge is -2.22. The molecule has 0 radical (unpaired) electrons. The van der Waals surface area contributed by atoms with Gasteiger partial charge in [0.1, 0.15) is 0 Å². The minimum Gasteiger partial charge on any atom is -0.376 e. The minimum absolute atomic E-state index is 0.0934. The average molecular weight is 207 g/mol. The molecule has 0 saturated heterocycles. The van der Waals surface area contributed by atoms with E-state index in [4.69, 9.17) is 10.5 Å².